The van der Waals surface area contributed by atoms with Crippen LogP contribution in [0.4, 0.5) is 0 Å². The fraction of sp³-hybridized carbons (Fsp3) is 0.800. The molecule has 4 heteroatoms. The maximum absolute atomic E-state index is 9.68. The van der Waals surface area contributed by atoms with Crippen molar-refractivity contribution in [1.82, 2.24) is 9.36 Å². The number of rotatable bonds is 4. The number of aromatic nitrogens is 2. The van der Waals surface area contributed by atoms with Gasteiger partial charge in [-0.1, -0.05) is 13.8 Å². The van der Waals surface area contributed by atoms with Crippen molar-refractivity contribution in [3.05, 3.63) is 10.8 Å². The molecule has 1 aliphatic carbocycles. The average molecular weight is 212 g/mol. The summed E-state index contributed by atoms with van der Waals surface area (Å²) in [6.07, 6.45) is 2.97. The van der Waals surface area contributed by atoms with Gasteiger partial charge in [0.15, 0.2) is 0 Å². The van der Waals surface area contributed by atoms with Gasteiger partial charge in [-0.3, -0.25) is 0 Å². The minimum atomic E-state index is -0.282. The Bertz CT molecular complexity index is 309. The first-order valence-electron chi connectivity index (χ1n) is 5.24. The quantitative estimate of drug-likeness (QED) is 0.833. The van der Waals surface area contributed by atoms with Gasteiger partial charge in [0.25, 0.3) is 0 Å². The summed E-state index contributed by atoms with van der Waals surface area (Å²) in [6, 6.07) is 0. The van der Waals surface area contributed by atoms with Gasteiger partial charge in [0.1, 0.15) is 10.8 Å². The van der Waals surface area contributed by atoms with Gasteiger partial charge in [-0.15, -0.1) is 0 Å². The number of hydrogen-bond donors (Lipinski definition) is 1. The van der Waals surface area contributed by atoms with Crippen molar-refractivity contribution in [2.45, 2.75) is 51.0 Å². The van der Waals surface area contributed by atoms with Crippen LogP contribution in [0.15, 0.2) is 0 Å². The maximum atomic E-state index is 9.68. The molecule has 0 aliphatic heterocycles. The molecule has 1 aliphatic rings. The lowest BCUT2D eigenvalue weighted by Crippen LogP contribution is -2.14. The Hall–Kier alpha value is -0.480. The van der Waals surface area contributed by atoms with Crippen LogP contribution in [0.5, 0.6) is 0 Å². The highest BCUT2D eigenvalue weighted by atomic mass is 32.1. The monoisotopic (exact) mass is 212 g/mol. The Morgan fingerprint density at radius 3 is 2.86 bits per heavy atom. The molecule has 78 valence electrons. The highest BCUT2D eigenvalue weighted by Gasteiger charge is 2.29. The molecule has 1 saturated carbocycles. The normalized spacial score (nSPS) is 20.8. The number of hydrogen-bond acceptors (Lipinski definition) is 4. The van der Waals surface area contributed by atoms with E-state index < -0.39 is 0 Å². The minimum absolute atomic E-state index is 0.130. The molecule has 0 amide bonds. The first kappa shape index (κ1) is 10.1. The van der Waals surface area contributed by atoms with Crippen molar-refractivity contribution >= 4 is 11.5 Å². The summed E-state index contributed by atoms with van der Waals surface area (Å²) in [5, 5.41) is 10.7. The smallest absolute Gasteiger partial charge is 0.145 e. The van der Waals surface area contributed by atoms with E-state index in [1.807, 2.05) is 13.8 Å². The molecule has 2 unspecified atom stereocenters. The van der Waals surface area contributed by atoms with E-state index in [4.69, 9.17) is 0 Å². The van der Waals surface area contributed by atoms with E-state index in [1.54, 1.807) is 0 Å². The Balaban J connectivity index is 2.07. The van der Waals surface area contributed by atoms with Crippen LogP contribution in [0.25, 0.3) is 0 Å². The maximum Gasteiger partial charge on any atom is 0.145 e. The molecule has 0 aromatic carbocycles. The van der Waals surface area contributed by atoms with Crippen molar-refractivity contribution in [2.75, 3.05) is 0 Å². The highest BCUT2D eigenvalue weighted by molar-refractivity contribution is 7.05. The van der Waals surface area contributed by atoms with Crippen LogP contribution < -0.4 is 0 Å². The lowest BCUT2D eigenvalue weighted by atomic mass is 10.0. The molecule has 1 fully saturated rings. The summed E-state index contributed by atoms with van der Waals surface area (Å²) < 4.78 is 4.34. The summed E-state index contributed by atoms with van der Waals surface area (Å²) in [5.74, 6) is 1.75. The molecule has 0 saturated heterocycles. The molecule has 3 nitrogen and oxygen atoms in total. The molecule has 0 bridgehead atoms. The van der Waals surface area contributed by atoms with Crippen molar-refractivity contribution in [3.8, 4) is 0 Å². The molecule has 1 heterocycles. The van der Waals surface area contributed by atoms with E-state index in [1.165, 1.54) is 24.4 Å². The molecule has 0 spiro atoms. The van der Waals surface area contributed by atoms with Gasteiger partial charge in [-0.05, 0) is 30.8 Å². The number of aliphatic hydroxyl groups is 1. The molecule has 1 aromatic heterocycles. The highest BCUT2D eigenvalue weighted by Crippen LogP contribution is 2.39. The van der Waals surface area contributed by atoms with E-state index in [-0.39, 0.29) is 12.0 Å². The molecular formula is C10H16N2OS. The fourth-order valence-electron chi connectivity index (χ4n) is 1.46. The van der Waals surface area contributed by atoms with Crippen molar-refractivity contribution in [2.24, 2.45) is 0 Å². The van der Waals surface area contributed by atoms with Crippen LogP contribution >= 0.6 is 11.5 Å². The molecule has 14 heavy (non-hydrogen) atoms. The number of nitrogens with zero attached hydrogens (tertiary/aromatic N) is 2. The Morgan fingerprint density at radius 1 is 1.57 bits per heavy atom. The van der Waals surface area contributed by atoms with Crippen molar-refractivity contribution in [1.29, 1.82) is 0 Å². The minimum Gasteiger partial charge on any atom is -0.392 e. The second-order valence-electron chi connectivity index (χ2n) is 4.03. The molecule has 2 rings (SSSR count). The van der Waals surface area contributed by atoms with Gasteiger partial charge in [0.05, 0.1) is 6.10 Å². The molecular weight excluding hydrogens is 196 g/mol. The summed E-state index contributed by atoms with van der Waals surface area (Å²) >= 11 is 1.45. The zero-order valence-electron chi connectivity index (χ0n) is 8.60. The van der Waals surface area contributed by atoms with Crippen LogP contribution in [0.1, 0.15) is 55.8 Å². The predicted molar refractivity (Wildman–Crippen MR) is 56.6 cm³/mol. The second-order valence-corrected chi connectivity index (χ2v) is 4.81. The third-order valence-electron chi connectivity index (χ3n) is 2.78. The predicted octanol–water partition coefficient (Wildman–Crippen LogP) is 2.29. The lowest BCUT2D eigenvalue weighted by molar-refractivity contribution is 0.145. The third kappa shape index (κ3) is 1.96. The van der Waals surface area contributed by atoms with E-state index in [0.717, 1.165) is 17.3 Å². The van der Waals surface area contributed by atoms with Gasteiger partial charge < -0.3 is 5.11 Å². The van der Waals surface area contributed by atoms with Crippen molar-refractivity contribution in [3.63, 3.8) is 0 Å². The summed E-state index contributed by atoms with van der Waals surface area (Å²) in [7, 11) is 0. The summed E-state index contributed by atoms with van der Waals surface area (Å²) in [4.78, 5) is 4.49. The second kappa shape index (κ2) is 3.95. The third-order valence-corrected chi connectivity index (χ3v) is 3.71. The lowest BCUT2D eigenvalue weighted by Gasteiger charge is -2.13. The summed E-state index contributed by atoms with van der Waals surface area (Å²) in [6.45, 7) is 4.01. The van der Waals surface area contributed by atoms with Crippen LogP contribution in [0, 0.1) is 0 Å². The van der Waals surface area contributed by atoms with Crippen LogP contribution in [0.3, 0.4) is 0 Å². The van der Waals surface area contributed by atoms with Crippen molar-refractivity contribution < 1.29 is 5.11 Å². The fourth-order valence-corrected chi connectivity index (χ4v) is 2.29. The Labute approximate surface area is 88.4 Å². The van der Waals surface area contributed by atoms with Crippen LogP contribution in [0.2, 0.25) is 0 Å². The molecule has 1 aromatic rings. The van der Waals surface area contributed by atoms with Gasteiger partial charge in [0, 0.05) is 11.8 Å². The van der Waals surface area contributed by atoms with Crippen LogP contribution in [-0.2, 0) is 0 Å². The Kier molecular flexibility index (Phi) is 2.83. The first-order valence-corrected chi connectivity index (χ1v) is 6.01. The van der Waals surface area contributed by atoms with Crippen LogP contribution in [-0.4, -0.2) is 20.6 Å². The van der Waals surface area contributed by atoms with Gasteiger partial charge in [0.2, 0.25) is 0 Å². The van der Waals surface area contributed by atoms with E-state index in [9.17, 15) is 5.11 Å². The number of aliphatic hydroxyl groups excluding tert-OH is 1. The van der Waals surface area contributed by atoms with E-state index in [0.29, 0.717) is 5.92 Å². The zero-order valence-corrected chi connectivity index (χ0v) is 9.42. The van der Waals surface area contributed by atoms with E-state index in [2.05, 4.69) is 9.36 Å². The van der Waals surface area contributed by atoms with E-state index >= 15 is 0 Å². The zero-order chi connectivity index (χ0) is 10.1. The topological polar surface area (TPSA) is 46.0 Å². The Morgan fingerprint density at radius 2 is 2.29 bits per heavy atom. The average Bonchev–Trinajstić information content (AvgIpc) is 2.94. The molecule has 2 atom stereocenters. The summed E-state index contributed by atoms with van der Waals surface area (Å²) in [5.41, 5.74) is 0. The SMILES string of the molecule is CCC(O)C(C)c1nc(C2CC2)ns1. The van der Waals surface area contributed by atoms with Gasteiger partial charge >= 0.3 is 0 Å². The standard InChI is InChI=1S/C10H16N2OS/c1-3-8(13)6(2)10-11-9(12-14-10)7-4-5-7/h6-8,13H,3-5H2,1-2H3. The largest absolute Gasteiger partial charge is 0.392 e. The van der Waals surface area contributed by atoms with Gasteiger partial charge in [-0.2, -0.15) is 4.37 Å². The molecule has 1 N–H and O–H groups in total. The first-order chi connectivity index (χ1) is 6.72. The molecule has 0 radical (unpaired) electrons. The van der Waals surface area contributed by atoms with Gasteiger partial charge in [-0.25, -0.2) is 4.98 Å².